The lowest BCUT2D eigenvalue weighted by Gasteiger charge is -2.18. The third-order valence-electron chi connectivity index (χ3n) is 8.40. The van der Waals surface area contributed by atoms with Gasteiger partial charge in [0.25, 0.3) is 0 Å². The van der Waals surface area contributed by atoms with Gasteiger partial charge in [-0.2, -0.15) is 0 Å². The van der Waals surface area contributed by atoms with E-state index < -0.39 is 0 Å². The average molecular weight is 511 g/mol. The normalized spacial score (nSPS) is 12.1. The molecular formula is C38H22S. The third kappa shape index (κ3) is 2.99. The zero-order valence-electron chi connectivity index (χ0n) is 21.1. The first kappa shape index (κ1) is 21.2. The van der Waals surface area contributed by atoms with Crippen molar-refractivity contribution in [2.24, 2.45) is 0 Å². The molecule has 8 aromatic carbocycles. The highest BCUT2D eigenvalue weighted by Crippen LogP contribution is 2.47. The molecule has 0 saturated heterocycles. The minimum Gasteiger partial charge on any atom is -0.135 e. The van der Waals surface area contributed by atoms with Crippen LogP contribution in [0.1, 0.15) is 0 Å². The second-order valence-electron chi connectivity index (χ2n) is 10.5. The van der Waals surface area contributed by atoms with Gasteiger partial charge in [0.15, 0.2) is 0 Å². The molecule has 0 unspecified atom stereocenters. The summed E-state index contributed by atoms with van der Waals surface area (Å²) in [5.41, 5.74) is 5.17. The topological polar surface area (TPSA) is 0 Å². The van der Waals surface area contributed by atoms with Crippen molar-refractivity contribution in [3.8, 4) is 22.3 Å². The highest BCUT2D eigenvalue weighted by molar-refractivity contribution is 7.26. The molecule has 0 atom stereocenters. The molecule has 0 aliphatic heterocycles. The van der Waals surface area contributed by atoms with Crippen molar-refractivity contribution in [3.63, 3.8) is 0 Å². The summed E-state index contributed by atoms with van der Waals surface area (Å²) in [6, 6.07) is 49.5. The van der Waals surface area contributed by atoms with Crippen LogP contribution in [-0.2, 0) is 0 Å². The van der Waals surface area contributed by atoms with Gasteiger partial charge in [-0.1, -0.05) is 115 Å². The molecule has 0 aliphatic rings. The molecule has 9 rings (SSSR count). The summed E-state index contributed by atoms with van der Waals surface area (Å²) in [6.45, 7) is 0. The van der Waals surface area contributed by atoms with E-state index in [9.17, 15) is 0 Å². The highest BCUT2D eigenvalue weighted by Gasteiger charge is 2.19. The summed E-state index contributed by atoms with van der Waals surface area (Å²) in [6.07, 6.45) is 0. The molecule has 0 nitrogen and oxygen atoms in total. The molecule has 39 heavy (non-hydrogen) atoms. The van der Waals surface area contributed by atoms with E-state index >= 15 is 0 Å². The van der Waals surface area contributed by atoms with E-state index in [1.807, 2.05) is 11.3 Å². The van der Waals surface area contributed by atoms with Crippen molar-refractivity contribution in [1.82, 2.24) is 0 Å². The molecule has 1 aromatic heterocycles. The second-order valence-corrected chi connectivity index (χ2v) is 11.5. The zero-order chi connectivity index (χ0) is 25.5. The maximum absolute atomic E-state index is 2.45. The van der Waals surface area contributed by atoms with Crippen LogP contribution in [0.5, 0.6) is 0 Å². The van der Waals surface area contributed by atoms with Crippen LogP contribution in [0.15, 0.2) is 133 Å². The van der Waals surface area contributed by atoms with Gasteiger partial charge in [-0.15, -0.1) is 11.3 Å². The first-order valence-electron chi connectivity index (χ1n) is 13.4. The number of thiophene rings is 1. The maximum atomic E-state index is 2.45. The van der Waals surface area contributed by atoms with Crippen LogP contribution in [0.2, 0.25) is 0 Å². The molecule has 1 heteroatoms. The van der Waals surface area contributed by atoms with Crippen molar-refractivity contribution in [1.29, 1.82) is 0 Å². The fourth-order valence-corrected chi connectivity index (χ4v) is 7.84. The van der Waals surface area contributed by atoms with Crippen molar-refractivity contribution < 1.29 is 0 Å². The highest BCUT2D eigenvalue weighted by atomic mass is 32.1. The van der Waals surface area contributed by atoms with E-state index in [1.165, 1.54) is 85.5 Å². The largest absolute Gasteiger partial charge is 0.135 e. The van der Waals surface area contributed by atoms with E-state index in [4.69, 9.17) is 0 Å². The van der Waals surface area contributed by atoms with Gasteiger partial charge in [-0.25, -0.2) is 0 Å². The summed E-state index contributed by atoms with van der Waals surface area (Å²) >= 11 is 1.91. The van der Waals surface area contributed by atoms with Gasteiger partial charge in [0.2, 0.25) is 0 Å². The van der Waals surface area contributed by atoms with Crippen molar-refractivity contribution in [2.75, 3.05) is 0 Å². The Hall–Kier alpha value is -4.72. The lowest BCUT2D eigenvalue weighted by molar-refractivity contribution is 1.68. The van der Waals surface area contributed by atoms with Gasteiger partial charge in [0.05, 0.1) is 0 Å². The van der Waals surface area contributed by atoms with Gasteiger partial charge >= 0.3 is 0 Å². The minimum atomic E-state index is 1.26. The summed E-state index contributed by atoms with van der Waals surface area (Å²) in [4.78, 5) is 0. The lowest BCUT2D eigenvalue weighted by atomic mass is 9.85. The first-order chi connectivity index (χ1) is 19.3. The van der Waals surface area contributed by atoms with Crippen molar-refractivity contribution >= 4 is 74.6 Å². The summed E-state index contributed by atoms with van der Waals surface area (Å²) in [5, 5.41) is 13.2. The van der Waals surface area contributed by atoms with E-state index in [0.717, 1.165) is 0 Å². The Bertz CT molecular complexity index is 2370. The Morgan fingerprint density at radius 2 is 1.03 bits per heavy atom. The number of benzene rings is 8. The van der Waals surface area contributed by atoms with E-state index in [2.05, 4.69) is 133 Å². The molecule has 0 amide bonds. The van der Waals surface area contributed by atoms with Crippen LogP contribution in [0, 0.1) is 0 Å². The number of rotatable bonds is 2. The fourth-order valence-electron chi connectivity index (χ4n) is 6.61. The number of hydrogen-bond acceptors (Lipinski definition) is 1. The molecule has 180 valence electrons. The number of hydrogen-bond donors (Lipinski definition) is 0. The predicted octanol–water partition coefficient (Wildman–Crippen LogP) is 11.4. The maximum Gasteiger partial charge on any atom is 0.0434 e. The standard InChI is InChI=1S/C38H22S/c1-2-8-26-21-27(16-15-23(26)7-1)33-22-34(32-13-6-12-31-28-11-3-4-14-35(28)39-38(31)32)30-20-18-25-10-5-9-24-17-19-29(33)37(30)36(24)25/h1-22H. The molecule has 0 spiro atoms. The number of fused-ring (bicyclic) bond motifs is 4. The quantitative estimate of drug-likeness (QED) is 0.203. The van der Waals surface area contributed by atoms with Crippen LogP contribution >= 0.6 is 11.3 Å². The fraction of sp³-hybridized carbons (Fsp3) is 0. The van der Waals surface area contributed by atoms with Crippen LogP contribution in [0.25, 0.3) is 85.5 Å². The Labute approximate surface area is 229 Å². The zero-order valence-corrected chi connectivity index (χ0v) is 21.9. The van der Waals surface area contributed by atoms with Crippen LogP contribution in [0.4, 0.5) is 0 Å². The van der Waals surface area contributed by atoms with E-state index in [1.54, 1.807) is 0 Å². The predicted molar refractivity (Wildman–Crippen MR) is 171 cm³/mol. The van der Waals surface area contributed by atoms with E-state index in [-0.39, 0.29) is 0 Å². The molecule has 9 aromatic rings. The van der Waals surface area contributed by atoms with Crippen molar-refractivity contribution in [2.45, 2.75) is 0 Å². The van der Waals surface area contributed by atoms with Gasteiger partial charge in [0.1, 0.15) is 0 Å². The molecule has 0 saturated carbocycles. The Morgan fingerprint density at radius 3 is 1.90 bits per heavy atom. The lowest BCUT2D eigenvalue weighted by Crippen LogP contribution is -1.91. The average Bonchev–Trinajstić information content (AvgIpc) is 3.38. The van der Waals surface area contributed by atoms with Crippen molar-refractivity contribution in [3.05, 3.63) is 133 Å². The van der Waals surface area contributed by atoms with Gasteiger partial charge in [-0.3, -0.25) is 0 Å². The smallest absolute Gasteiger partial charge is 0.0434 e. The Morgan fingerprint density at radius 1 is 0.359 bits per heavy atom. The second kappa shape index (κ2) is 7.89. The summed E-state index contributed by atoms with van der Waals surface area (Å²) < 4.78 is 2.70. The summed E-state index contributed by atoms with van der Waals surface area (Å²) in [7, 11) is 0. The van der Waals surface area contributed by atoms with Crippen LogP contribution in [-0.4, -0.2) is 0 Å². The Balaban J connectivity index is 1.46. The van der Waals surface area contributed by atoms with Crippen LogP contribution in [0.3, 0.4) is 0 Å². The Kier molecular flexibility index (Phi) is 4.30. The summed E-state index contributed by atoms with van der Waals surface area (Å²) in [5.74, 6) is 0. The van der Waals surface area contributed by atoms with Crippen LogP contribution < -0.4 is 0 Å². The monoisotopic (exact) mass is 510 g/mol. The molecule has 0 radical (unpaired) electrons. The minimum absolute atomic E-state index is 1.26. The molecule has 0 bridgehead atoms. The molecular weight excluding hydrogens is 488 g/mol. The van der Waals surface area contributed by atoms with Gasteiger partial charge in [0, 0.05) is 25.7 Å². The molecule has 1 heterocycles. The van der Waals surface area contributed by atoms with Gasteiger partial charge < -0.3 is 0 Å². The molecule has 0 fully saturated rings. The third-order valence-corrected chi connectivity index (χ3v) is 9.62. The molecule has 0 N–H and O–H groups in total. The first-order valence-corrected chi connectivity index (χ1v) is 14.3. The van der Waals surface area contributed by atoms with Gasteiger partial charge in [-0.05, 0) is 78.0 Å². The SMILES string of the molecule is c1ccc2cc(-c3cc(-c4cccc5c4sc4ccccc45)c4ccc5cccc6ccc3c4c65)ccc2c1. The molecule has 0 aliphatic carbocycles. The van der Waals surface area contributed by atoms with E-state index in [0.29, 0.717) is 0 Å².